The number of nitrogens with zero attached hydrogens (tertiary/aromatic N) is 2. The Balaban J connectivity index is 2.06. The van der Waals surface area contributed by atoms with E-state index < -0.39 is 24.8 Å². The Morgan fingerprint density at radius 1 is 1.45 bits per heavy atom. The van der Waals surface area contributed by atoms with E-state index in [2.05, 4.69) is 15.3 Å². The minimum absolute atomic E-state index is 0.526. The van der Waals surface area contributed by atoms with Gasteiger partial charge in [-0.15, -0.1) is 5.10 Å². The van der Waals surface area contributed by atoms with Gasteiger partial charge in [0, 0.05) is 7.05 Å². The first-order chi connectivity index (χ1) is 10.3. The van der Waals surface area contributed by atoms with Crippen LogP contribution in [-0.4, -0.2) is 29.4 Å². The number of fused-ring (bicyclic) bond motifs is 1. The second-order valence-electron chi connectivity index (χ2n) is 4.57. The molecule has 22 heavy (non-hydrogen) atoms. The highest BCUT2D eigenvalue weighted by Gasteiger charge is 2.29. The number of nitrogens with one attached hydrogen (secondary N) is 1. The maximum absolute atomic E-state index is 12.0. The summed E-state index contributed by atoms with van der Waals surface area (Å²) >= 11 is 1.36. The Bertz CT molecular complexity index is 736. The van der Waals surface area contributed by atoms with Crippen LogP contribution in [0.25, 0.3) is 10.2 Å². The van der Waals surface area contributed by atoms with E-state index in [1.54, 1.807) is 11.6 Å². The first-order valence-corrected chi connectivity index (χ1v) is 7.16. The molecule has 0 aliphatic carbocycles. The fourth-order valence-electron chi connectivity index (χ4n) is 1.68. The SMILES string of the molecule is CC(OCC(F)(F)F)C(=O)N/N=c1\sc2ccccc2n1C. The summed E-state index contributed by atoms with van der Waals surface area (Å²) in [6.45, 7) is -0.236. The number of alkyl halides is 3. The Labute approximate surface area is 128 Å². The van der Waals surface area contributed by atoms with Crippen molar-refractivity contribution in [1.29, 1.82) is 0 Å². The number of hydrogen-bond donors (Lipinski definition) is 1. The van der Waals surface area contributed by atoms with Crippen molar-refractivity contribution in [3.63, 3.8) is 0 Å². The molecule has 120 valence electrons. The monoisotopic (exact) mass is 333 g/mol. The van der Waals surface area contributed by atoms with Crippen LogP contribution in [-0.2, 0) is 16.6 Å². The normalized spacial score (nSPS) is 14.3. The van der Waals surface area contributed by atoms with E-state index in [9.17, 15) is 18.0 Å². The third-order valence-corrected chi connectivity index (χ3v) is 3.96. The second kappa shape index (κ2) is 6.49. The summed E-state index contributed by atoms with van der Waals surface area (Å²) in [6.07, 6.45) is -5.71. The lowest BCUT2D eigenvalue weighted by atomic mass is 10.3. The molecule has 1 N–H and O–H groups in total. The van der Waals surface area contributed by atoms with Crippen molar-refractivity contribution in [2.45, 2.75) is 19.2 Å². The molecular formula is C13H14F3N3O2S. The Morgan fingerprint density at radius 3 is 2.77 bits per heavy atom. The number of benzene rings is 1. The minimum atomic E-state index is -4.47. The van der Waals surface area contributed by atoms with E-state index in [-0.39, 0.29) is 0 Å². The zero-order valence-corrected chi connectivity index (χ0v) is 12.7. The predicted molar refractivity (Wildman–Crippen MR) is 76.0 cm³/mol. The van der Waals surface area contributed by atoms with Crippen molar-refractivity contribution in [2.24, 2.45) is 12.1 Å². The second-order valence-corrected chi connectivity index (χ2v) is 5.58. The van der Waals surface area contributed by atoms with Gasteiger partial charge in [-0.2, -0.15) is 13.2 Å². The van der Waals surface area contributed by atoms with Crippen LogP contribution in [0.5, 0.6) is 0 Å². The summed E-state index contributed by atoms with van der Waals surface area (Å²) in [5, 5.41) is 3.93. The highest BCUT2D eigenvalue weighted by molar-refractivity contribution is 7.16. The highest BCUT2D eigenvalue weighted by atomic mass is 32.1. The van der Waals surface area contributed by atoms with Gasteiger partial charge in [-0.05, 0) is 19.1 Å². The number of ether oxygens (including phenoxy) is 1. The molecule has 0 aliphatic heterocycles. The van der Waals surface area contributed by atoms with E-state index in [4.69, 9.17) is 0 Å². The zero-order valence-electron chi connectivity index (χ0n) is 11.8. The van der Waals surface area contributed by atoms with Gasteiger partial charge in [0.1, 0.15) is 12.7 Å². The minimum Gasteiger partial charge on any atom is -0.359 e. The molecule has 1 heterocycles. The standard InChI is InChI=1S/C13H14F3N3O2S/c1-8(21-7-13(14,15)16)11(20)17-18-12-19(2)9-5-3-4-6-10(9)22-12/h3-6,8H,7H2,1-2H3,(H,17,20)/b18-12-. The highest BCUT2D eigenvalue weighted by Crippen LogP contribution is 2.16. The summed E-state index contributed by atoms with van der Waals surface area (Å²) in [5.41, 5.74) is 3.17. The summed E-state index contributed by atoms with van der Waals surface area (Å²) in [7, 11) is 1.79. The summed E-state index contributed by atoms with van der Waals surface area (Å²) < 4.78 is 43.3. The number of thiazole rings is 1. The molecule has 1 unspecified atom stereocenters. The van der Waals surface area contributed by atoms with E-state index >= 15 is 0 Å². The van der Waals surface area contributed by atoms with Gasteiger partial charge in [-0.25, -0.2) is 5.43 Å². The molecule has 1 aromatic heterocycles. The molecule has 0 saturated heterocycles. The van der Waals surface area contributed by atoms with Gasteiger partial charge in [-0.1, -0.05) is 23.5 Å². The third-order valence-electron chi connectivity index (χ3n) is 2.84. The quantitative estimate of drug-likeness (QED) is 0.872. The number of para-hydroxylation sites is 1. The summed E-state index contributed by atoms with van der Waals surface area (Å²) in [6, 6.07) is 7.58. The molecule has 1 atom stereocenters. The molecule has 0 fully saturated rings. The molecule has 2 rings (SSSR count). The summed E-state index contributed by atoms with van der Waals surface area (Å²) in [4.78, 5) is 12.2. The molecule has 1 amide bonds. The number of carbonyl (C=O) groups is 1. The van der Waals surface area contributed by atoms with Crippen molar-refractivity contribution >= 4 is 27.5 Å². The van der Waals surface area contributed by atoms with Gasteiger partial charge in [0.15, 0.2) is 0 Å². The Kier molecular flexibility index (Phi) is 4.87. The van der Waals surface area contributed by atoms with Crippen LogP contribution < -0.4 is 10.2 Å². The molecule has 0 bridgehead atoms. The van der Waals surface area contributed by atoms with Gasteiger partial charge >= 0.3 is 6.18 Å². The first kappa shape index (κ1) is 16.5. The largest absolute Gasteiger partial charge is 0.411 e. The van der Waals surface area contributed by atoms with Crippen LogP contribution in [0.15, 0.2) is 29.4 Å². The number of carbonyl (C=O) groups excluding carboxylic acids is 1. The molecule has 0 spiro atoms. The number of aryl methyl sites for hydroxylation is 1. The lowest BCUT2D eigenvalue weighted by molar-refractivity contribution is -0.185. The lowest BCUT2D eigenvalue weighted by Crippen LogP contribution is -2.35. The van der Waals surface area contributed by atoms with Gasteiger partial charge in [-0.3, -0.25) is 4.79 Å². The molecule has 0 saturated carbocycles. The smallest absolute Gasteiger partial charge is 0.359 e. The summed E-state index contributed by atoms with van der Waals surface area (Å²) in [5.74, 6) is -0.735. The van der Waals surface area contributed by atoms with Gasteiger partial charge in [0.2, 0.25) is 4.80 Å². The lowest BCUT2D eigenvalue weighted by Gasteiger charge is -2.12. The van der Waals surface area contributed by atoms with Gasteiger partial charge in [0.25, 0.3) is 5.91 Å². The fraction of sp³-hybridized carbons (Fsp3) is 0.385. The van der Waals surface area contributed by atoms with Crippen LogP contribution in [0, 0.1) is 0 Å². The maximum Gasteiger partial charge on any atom is 0.411 e. The predicted octanol–water partition coefficient (Wildman–Crippen LogP) is 2.14. The van der Waals surface area contributed by atoms with Gasteiger partial charge < -0.3 is 9.30 Å². The number of halogens is 3. The molecule has 9 heteroatoms. The van der Waals surface area contributed by atoms with E-state index in [0.29, 0.717) is 4.80 Å². The van der Waals surface area contributed by atoms with Crippen LogP contribution in [0.2, 0.25) is 0 Å². The molecule has 0 radical (unpaired) electrons. The maximum atomic E-state index is 12.0. The molecule has 2 aromatic rings. The topological polar surface area (TPSA) is 55.6 Å². The van der Waals surface area contributed by atoms with Gasteiger partial charge in [0.05, 0.1) is 10.2 Å². The zero-order chi connectivity index (χ0) is 16.3. The van der Waals surface area contributed by atoms with Crippen LogP contribution in [0.4, 0.5) is 13.2 Å². The van der Waals surface area contributed by atoms with Crippen molar-refractivity contribution < 1.29 is 22.7 Å². The van der Waals surface area contributed by atoms with Crippen LogP contribution in [0.1, 0.15) is 6.92 Å². The third kappa shape index (κ3) is 4.08. The fourth-order valence-corrected chi connectivity index (χ4v) is 2.66. The Morgan fingerprint density at radius 2 is 2.14 bits per heavy atom. The van der Waals surface area contributed by atoms with E-state index in [1.165, 1.54) is 18.3 Å². The van der Waals surface area contributed by atoms with Crippen LogP contribution in [0.3, 0.4) is 0 Å². The number of hydrogen-bond acceptors (Lipinski definition) is 4. The number of aromatic nitrogens is 1. The molecule has 0 aliphatic rings. The van der Waals surface area contributed by atoms with Crippen molar-refractivity contribution in [3.05, 3.63) is 29.1 Å². The average Bonchev–Trinajstić information content (AvgIpc) is 2.78. The molecule has 1 aromatic carbocycles. The number of rotatable bonds is 4. The Hall–Kier alpha value is -1.87. The first-order valence-electron chi connectivity index (χ1n) is 6.34. The van der Waals surface area contributed by atoms with Crippen molar-refractivity contribution in [2.75, 3.05) is 6.61 Å². The number of amides is 1. The van der Waals surface area contributed by atoms with Crippen molar-refractivity contribution in [3.8, 4) is 0 Å². The van der Waals surface area contributed by atoms with Crippen LogP contribution >= 0.6 is 11.3 Å². The molecule has 5 nitrogen and oxygen atoms in total. The van der Waals surface area contributed by atoms with E-state index in [1.807, 2.05) is 24.3 Å². The average molecular weight is 333 g/mol. The molecular weight excluding hydrogens is 319 g/mol. The van der Waals surface area contributed by atoms with Crippen molar-refractivity contribution in [1.82, 2.24) is 9.99 Å². The van der Waals surface area contributed by atoms with E-state index in [0.717, 1.165) is 10.2 Å².